The molecule has 148 valence electrons. The summed E-state index contributed by atoms with van der Waals surface area (Å²) in [5.74, 6) is 2.60. The topological polar surface area (TPSA) is 103 Å². The van der Waals surface area contributed by atoms with Gasteiger partial charge in [0.15, 0.2) is 8.68 Å². The van der Waals surface area contributed by atoms with Crippen molar-refractivity contribution in [1.82, 2.24) is 25.7 Å². The number of hydrogen-bond donors (Lipinski definition) is 1. The van der Waals surface area contributed by atoms with Crippen molar-refractivity contribution in [3.63, 3.8) is 0 Å². The number of nitrogens with zero attached hydrogens (tertiary/aromatic N) is 4. The molecule has 0 spiro atoms. The summed E-state index contributed by atoms with van der Waals surface area (Å²) < 4.78 is 12.1. The van der Waals surface area contributed by atoms with Crippen molar-refractivity contribution < 1.29 is 14.1 Å². The third-order valence-corrected chi connectivity index (χ3v) is 6.58. The van der Waals surface area contributed by atoms with Gasteiger partial charge in [0.25, 0.3) is 0 Å². The highest BCUT2D eigenvalue weighted by molar-refractivity contribution is 8.03. The highest BCUT2D eigenvalue weighted by Crippen LogP contribution is 2.31. The minimum Gasteiger partial charge on any atom is -0.497 e. The Balaban J connectivity index is 1.50. The van der Waals surface area contributed by atoms with Gasteiger partial charge in [-0.2, -0.15) is 4.98 Å². The average molecular weight is 438 g/mol. The summed E-state index contributed by atoms with van der Waals surface area (Å²) in [7, 11) is 1.61. The third-order valence-electron chi connectivity index (χ3n) is 3.40. The number of thioether (sulfide) groups is 2. The third kappa shape index (κ3) is 5.94. The van der Waals surface area contributed by atoms with Crippen LogP contribution >= 0.6 is 34.9 Å². The molecule has 0 unspecified atom stereocenters. The van der Waals surface area contributed by atoms with E-state index in [4.69, 9.17) is 9.26 Å². The summed E-state index contributed by atoms with van der Waals surface area (Å²) in [5, 5.41) is 15.1. The molecular formula is C17H19N5O3S3. The van der Waals surface area contributed by atoms with Gasteiger partial charge in [-0.1, -0.05) is 59.1 Å². The first-order valence-corrected chi connectivity index (χ1v) is 11.3. The van der Waals surface area contributed by atoms with Crippen molar-refractivity contribution in [2.45, 2.75) is 27.8 Å². The van der Waals surface area contributed by atoms with Crippen molar-refractivity contribution in [3.8, 4) is 17.1 Å². The molecule has 3 rings (SSSR count). The van der Waals surface area contributed by atoms with E-state index in [1.54, 1.807) is 7.11 Å². The molecule has 0 aliphatic carbocycles. The van der Waals surface area contributed by atoms with Crippen LogP contribution in [0.15, 0.2) is 37.5 Å². The standard InChI is InChI=1S/C17H19N5O3S3/c1-3-7-18-13(23)9-26-16-20-21-17(28-16)27-10-14-19-15(22-25-14)11-5-4-6-12(8-11)24-2/h4-6,8H,3,7,9-10H2,1-2H3,(H,18,23). The van der Waals surface area contributed by atoms with E-state index in [1.165, 1.54) is 34.9 Å². The normalized spacial score (nSPS) is 10.8. The van der Waals surface area contributed by atoms with E-state index in [2.05, 4.69) is 25.7 Å². The maximum absolute atomic E-state index is 11.6. The zero-order valence-electron chi connectivity index (χ0n) is 15.4. The van der Waals surface area contributed by atoms with Crippen LogP contribution in [-0.2, 0) is 10.5 Å². The van der Waals surface area contributed by atoms with Gasteiger partial charge in [-0.3, -0.25) is 4.79 Å². The molecule has 28 heavy (non-hydrogen) atoms. The predicted octanol–water partition coefficient (Wildman–Crippen LogP) is 3.51. The number of carbonyl (C=O) groups is 1. The fourth-order valence-electron chi connectivity index (χ4n) is 2.07. The number of aromatic nitrogens is 4. The van der Waals surface area contributed by atoms with Gasteiger partial charge in [0.2, 0.25) is 17.6 Å². The summed E-state index contributed by atoms with van der Waals surface area (Å²) in [5.41, 5.74) is 0.829. The zero-order chi connectivity index (χ0) is 19.8. The van der Waals surface area contributed by atoms with Gasteiger partial charge in [0.05, 0.1) is 18.6 Å². The highest BCUT2D eigenvalue weighted by Gasteiger charge is 2.12. The summed E-state index contributed by atoms with van der Waals surface area (Å²) in [6, 6.07) is 7.49. The van der Waals surface area contributed by atoms with E-state index in [0.717, 1.165) is 26.4 Å². The second-order valence-electron chi connectivity index (χ2n) is 5.50. The van der Waals surface area contributed by atoms with Crippen LogP contribution in [0.25, 0.3) is 11.4 Å². The molecule has 0 bridgehead atoms. The lowest BCUT2D eigenvalue weighted by atomic mass is 10.2. The number of benzene rings is 1. The minimum absolute atomic E-state index is 0.00665. The average Bonchev–Trinajstić information content (AvgIpc) is 3.38. The van der Waals surface area contributed by atoms with Crippen LogP contribution in [0.2, 0.25) is 0 Å². The molecule has 0 saturated heterocycles. The first kappa shape index (κ1) is 20.6. The number of ether oxygens (including phenoxy) is 1. The van der Waals surface area contributed by atoms with E-state index in [0.29, 0.717) is 29.8 Å². The Hall–Kier alpha value is -2.11. The van der Waals surface area contributed by atoms with E-state index in [9.17, 15) is 4.79 Å². The van der Waals surface area contributed by atoms with Crippen LogP contribution in [0, 0.1) is 0 Å². The SMILES string of the molecule is CCCNC(=O)CSc1nnc(SCc2nc(-c3cccc(OC)c3)no2)s1. The summed E-state index contributed by atoms with van der Waals surface area (Å²) in [6.45, 7) is 2.71. The number of carbonyl (C=O) groups excluding carboxylic acids is 1. The Kier molecular flexibility index (Phi) is 7.69. The fraction of sp³-hybridized carbons (Fsp3) is 0.353. The summed E-state index contributed by atoms with van der Waals surface area (Å²) in [6.07, 6.45) is 0.922. The smallest absolute Gasteiger partial charge is 0.237 e. The molecule has 0 aliphatic heterocycles. The molecule has 0 saturated carbocycles. The van der Waals surface area contributed by atoms with Crippen molar-refractivity contribution >= 4 is 40.8 Å². The monoisotopic (exact) mass is 437 g/mol. The predicted molar refractivity (Wildman–Crippen MR) is 110 cm³/mol. The number of methoxy groups -OCH3 is 1. The lowest BCUT2D eigenvalue weighted by Crippen LogP contribution is -2.25. The van der Waals surface area contributed by atoms with Crippen molar-refractivity contribution in [1.29, 1.82) is 0 Å². The number of amides is 1. The molecule has 1 N–H and O–H groups in total. The zero-order valence-corrected chi connectivity index (χ0v) is 17.8. The Morgan fingerprint density at radius 2 is 2.11 bits per heavy atom. The Morgan fingerprint density at radius 1 is 1.29 bits per heavy atom. The first-order chi connectivity index (χ1) is 13.7. The van der Waals surface area contributed by atoms with Crippen molar-refractivity contribution in [2.75, 3.05) is 19.4 Å². The number of nitrogens with one attached hydrogen (secondary N) is 1. The van der Waals surface area contributed by atoms with Gasteiger partial charge in [0.1, 0.15) is 5.75 Å². The first-order valence-electron chi connectivity index (χ1n) is 8.50. The molecule has 0 radical (unpaired) electrons. The molecule has 3 aromatic rings. The van der Waals surface area contributed by atoms with Gasteiger partial charge in [-0.15, -0.1) is 10.2 Å². The second-order valence-corrected chi connectivity index (χ2v) is 8.93. The lowest BCUT2D eigenvalue weighted by molar-refractivity contribution is -0.118. The molecule has 2 aromatic heterocycles. The summed E-state index contributed by atoms with van der Waals surface area (Å²) >= 11 is 4.29. The van der Waals surface area contributed by atoms with E-state index >= 15 is 0 Å². The maximum atomic E-state index is 11.6. The number of hydrogen-bond acceptors (Lipinski definition) is 10. The van der Waals surface area contributed by atoms with Gasteiger partial charge < -0.3 is 14.6 Å². The molecule has 1 aromatic carbocycles. The maximum Gasteiger partial charge on any atom is 0.237 e. The van der Waals surface area contributed by atoms with Gasteiger partial charge >= 0.3 is 0 Å². The molecule has 8 nitrogen and oxygen atoms in total. The molecule has 0 atom stereocenters. The van der Waals surface area contributed by atoms with Crippen LogP contribution < -0.4 is 10.1 Å². The largest absolute Gasteiger partial charge is 0.497 e. The van der Waals surface area contributed by atoms with Gasteiger partial charge in [0, 0.05) is 12.1 Å². The van der Waals surface area contributed by atoms with Gasteiger partial charge in [-0.25, -0.2) is 0 Å². The van der Waals surface area contributed by atoms with Crippen molar-refractivity contribution in [3.05, 3.63) is 30.2 Å². The fourth-order valence-corrected chi connectivity index (χ4v) is 4.76. The Morgan fingerprint density at radius 3 is 2.89 bits per heavy atom. The minimum atomic E-state index is 0.00665. The van der Waals surface area contributed by atoms with Crippen molar-refractivity contribution in [2.24, 2.45) is 0 Å². The molecule has 0 aliphatic rings. The van der Waals surface area contributed by atoms with Gasteiger partial charge in [-0.05, 0) is 18.6 Å². The lowest BCUT2D eigenvalue weighted by Gasteiger charge is -2.00. The molecule has 2 heterocycles. The van der Waals surface area contributed by atoms with Crippen LogP contribution in [-0.4, -0.2) is 45.7 Å². The molecular weight excluding hydrogens is 418 g/mol. The Labute approximate surface area is 174 Å². The molecule has 11 heteroatoms. The number of rotatable bonds is 10. The molecule has 0 fully saturated rings. The van der Waals surface area contributed by atoms with E-state index in [1.807, 2.05) is 31.2 Å². The molecule has 1 amide bonds. The van der Waals surface area contributed by atoms with Crippen LogP contribution in [0.1, 0.15) is 19.2 Å². The van der Waals surface area contributed by atoms with Crippen LogP contribution in [0.4, 0.5) is 0 Å². The summed E-state index contributed by atoms with van der Waals surface area (Å²) in [4.78, 5) is 16.0. The highest BCUT2D eigenvalue weighted by atomic mass is 32.2. The quantitative estimate of drug-likeness (QED) is 0.477. The van der Waals surface area contributed by atoms with Crippen LogP contribution in [0.5, 0.6) is 5.75 Å². The Bertz CT molecular complexity index is 915. The van der Waals surface area contributed by atoms with E-state index in [-0.39, 0.29) is 5.91 Å². The second kappa shape index (κ2) is 10.4. The van der Waals surface area contributed by atoms with E-state index < -0.39 is 0 Å². The van der Waals surface area contributed by atoms with Crippen LogP contribution in [0.3, 0.4) is 0 Å².